The van der Waals surface area contributed by atoms with Gasteiger partial charge in [-0.2, -0.15) is 0 Å². The maximum atomic E-state index is 13.9. The Morgan fingerprint density at radius 1 is 1.00 bits per heavy atom. The molecule has 0 heterocycles. The Balaban J connectivity index is 2.57. The SMILES string of the molecule is Cc1c(F)cccc1-c1ccc(CN)cc1F. The molecular weight excluding hydrogens is 220 g/mol. The van der Waals surface area contributed by atoms with Crippen LogP contribution >= 0.6 is 0 Å². The van der Waals surface area contributed by atoms with E-state index in [1.54, 1.807) is 31.2 Å². The first-order chi connectivity index (χ1) is 8.13. The summed E-state index contributed by atoms with van der Waals surface area (Å²) in [6.45, 7) is 1.93. The van der Waals surface area contributed by atoms with Crippen LogP contribution in [-0.2, 0) is 6.54 Å². The van der Waals surface area contributed by atoms with E-state index in [1.165, 1.54) is 12.1 Å². The number of benzene rings is 2. The summed E-state index contributed by atoms with van der Waals surface area (Å²) in [5, 5.41) is 0. The van der Waals surface area contributed by atoms with Gasteiger partial charge in [-0.25, -0.2) is 8.78 Å². The smallest absolute Gasteiger partial charge is 0.131 e. The molecule has 0 amide bonds. The Kier molecular flexibility index (Phi) is 3.20. The molecule has 0 spiro atoms. The van der Waals surface area contributed by atoms with E-state index in [-0.39, 0.29) is 11.6 Å². The van der Waals surface area contributed by atoms with Crippen LogP contribution in [0, 0.1) is 18.6 Å². The average Bonchev–Trinajstić information content (AvgIpc) is 2.33. The third-order valence-corrected chi connectivity index (χ3v) is 2.83. The van der Waals surface area contributed by atoms with Gasteiger partial charge >= 0.3 is 0 Å². The molecule has 3 heteroatoms. The van der Waals surface area contributed by atoms with Crippen LogP contribution in [0.3, 0.4) is 0 Å². The highest BCUT2D eigenvalue weighted by Crippen LogP contribution is 2.27. The number of rotatable bonds is 2. The van der Waals surface area contributed by atoms with Crippen molar-refractivity contribution in [3.05, 3.63) is 59.2 Å². The molecule has 2 aromatic carbocycles. The molecule has 2 rings (SSSR count). The van der Waals surface area contributed by atoms with Crippen LogP contribution in [0.4, 0.5) is 8.78 Å². The van der Waals surface area contributed by atoms with Gasteiger partial charge in [0.05, 0.1) is 0 Å². The van der Waals surface area contributed by atoms with Gasteiger partial charge in [0.1, 0.15) is 11.6 Å². The van der Waals surface area contributed by atoms with Crippen molar-refractivity contribution in [2.24, 2.45) is 5.73 Å². The summed E-state index contributed by atoms with van der Waals surface area (Å²) in [4.78, 5) is 0. The lowest BCUT2D eigenvalue weighted by atomic mass is 9.98. The minimum Gasteiger partial charge on any atom is -0.326 e. The number of hydrogen-bond acceptors (Lipinski definition) is 1. The second kappa shape index (κ2) is 4.63. The van der Waals surface area contributed by atoms with Crippen LogP contribution in [0.15, 0.2) is 36.4 Å². The van der Waals surface area contributed by atoms with E-state index in [9.17, 15) is 8.78 Å². The van der Waals surface area contributed by atoms with Crippen molar-refractivity contribution in [2.75, 3.05) is 0 Å². The van der Waals surface area contributed by atoms with Gasteiger partial charge in [-0.1, -0.05) is 24.3 Å². The van der Waals surface area contributed by atoms with Crippen molar-refractivity contribution in [1.82, 2.24) is 0 Å². The molecule has 2 N–H and O–H groups in total. The quantitative estimate of drug-likeness (QED) is 0.845. The van der Waals surface area contributed by atoms with Crippen LogP contribution in [0.2, 0.25) is 0 Å². The zero-order chi connectivity index (χ0) is 12.4. The van der Waals surface area contributed by atoms with Crippen molar-refractivity contribution in [2.45, 2.75) is 13.5 Å². The summed E-state index contributed by atoms with van der Waals surface area (Å²) in [6.07, 6.45) is 0. The molecule has 0 saturated heterocycles. The van der Waals surface area contributed by atoms with Gasteiger partial charge in [0.15, 0.2) is 0 Å². The third-order valence-electron chi connectivity index (χ3n) is 2.83. The van der Waals surface area contributed by atoms with Crippen LogP contribution in [-0.4, -0.2) is 0 Å². The van der Waals surface area contributed by atoms with Gasteiger partial charge in [-0.3, -0.25) is 0 Å². The third kappa shape index (κ3) is 2.19. The largest absolute Gasteiger partial charge is 0.326 e. The van der Waals surface area contributed by atoms with Gasteiger partial charge in [-0.15, -0.1) is 0 Å². The maximum absolute atomic E-state index is 13.9. The van der Waals surface area contributed by atoms with Gasteiger partial charge in [0.25, 0.3) is 0 Å². The lowest BCUT2D eigenvalue weighted by Crippen LogP contribution is -1.98. The second-order valence-corrected chi connectivity index (χ2v) is 3.93. The predicted octanol–water partition coefficient (Wildman–Crippen LogP) is 3.40. The Morgan fingerprint density at radius 3 is 2.41 bits per heavy atom. The predicted molar refractivity (Wildman–Crippen MR) is 64.4 cm³/mol. The van der Waals surface area contributed by atoms with E-state index in [0.717, 1.165) is 5.56 Å². The molecule has 0 aliphatic carbocycles. The van der Waals surface area contributed by atoms with Gasteiger partial charge in [-0.05, 0) is 35.7 Å². The van der Waals surface area contributed by atoms with E-state index in [1.807, 2.05) is 0 Å². The van der Waals surface area contributed by atoms with Crippen molar-refractivity contribution in [1.29, 1.82) is 0 Å². The van der Waals surface area contributed by atoms with E-state index in [0.29, 0.717) is 23.2 Å². The molecule has 0 atom stereocenters. The first-order valence-corrected chi connectivity index (χ1v) is 5.37. The summed E-state index contributed by atoms with van der Waals surface area (Å²) in [5.41, 5.74) is 7.59. The fraction of sp³-hybridized carbons (Fsp3) is 0.143. The van der Waals surface area contributed by atoms with E-state index in [4.69, 9.17) is 5.73 Å². The highest BCUT2D eigenvalue weighted by atomic mass is 19.1. The molecule has 0 aliphatic rings. The summed E-state index contributed by atoms with van der Waals surface area (Å²) < 4.78 is 27.3. The fourth-order valence-corrected chi connectivity index (χ4v) is 1.80. The van der Waals surface area contributed by atoms with E-state index in [2.05, 4.69) is 0 Å². The lowest BCUT2D eigenvalue weighted by molar-refractivity contribution is 0.616. The van der Waals surface area contributed by atoms with Crippen LogP contribution in [0.1, 0.15) is 11.1 Å². The van der Waals surface area contributed by atoms with Gasteiger partial charge < -0.3 is 5.73 Å². The molecule has 0 bridgehead atoms. The number of nitrogens with two attached hydrogens (primary N) is 1. The maximum Gasteiger partial charge on any atom is 0.131 e. The standard InChI is InChI=1S/C14H13F2N/c1-9-11(3-2-4-13(9)15)12-6-5-10(8-17)7-14(12)16/h2-7H,8,17H2,1H3. The molecule has 0 fully saturated rings. The first-order valence-electron chi connectivity index (χ1n) is 5.37. The molecule has 0 unspecified atom stereocenters. The molecule has 0 aliphatic heterocycles. The van der Waals surface area contributed by atoms with Gasteiger partial charge in [0.2, 0.25) is 0 Å². The summed E-state index contributed by atoms with van der Waals surface area (Å²) in [6, 6.07) is 9.43. The van der Waals surface area contributed by atoms with E-state index >= 15 is 0 Å². The van der Waals surface area contributed by atoms with Crippen molar-refractivity contribution < 1.29 is 8.78 Å². The molecule has 88 valence electrons. The average molecular weight is 233 g/mol. The molecular formula is C14H13F2N. The molecule has 0 radical (unpaired) electrons. The lowest BCUT2D eigenvalue weighted by Gasteiger charge is -2.09. The highest BCUT2D eigenvalue weighted by Gasteiger charge is 2.10. The minimum atomic E-state index is -0.373. The normalized spacial score (nSPS) is 10.6. The number of hydrogen-bond donors (Lipinski definition) is 1. The minimum absolute atomic E-state index is 0.291. The van der Waals surface area contributed by atoms with E-state index < -0.39 is 0 Å². The summed E-state index contributed by atoms with van der Waals surface area (Å²) in [5.74, 6) is -0.702. The Bertz CT molecular complexity index is 550. The van der Waals surface area contributed by atoms with Gasteiger partial charge in [0, 0.05) is 12.1 Å². The second-order valence-electron chi connectivity index (χ2n) is 3.93. The van der Waals surface area contributed by atoms with Crippen LogP contribution in [0.5, 0.6) is 0 Å². The van der Waals surface area contributed by atoms with Crippen molar-refractivity contribution in [3.8, 4) is 11.1 Å². The fourth-order valence-electron chi connectivity index (χ4n) is 1.80. The molecule has 2 aromatic rings. The van der Waals surface area contributed by atoms with Crippen molar-refractivity contribution >= 4 is 0 Å². The van der Waals surface area contributed by atoms with Crippen molar-refractivity contribution in [3.63, 3.8) is 0 Å². The molecule has 0 aromatic heterocycles. The highest BCUT2D eigenvalue weighted by molar-refractivity contribution is 5.68. The Morgan fingerprint density at radius 2 is 1.76 bits per heavy atom. The van der Waals surface area contributed by atoms with Crippen LogP contribution < -0.4 is 5.73 Å². The summed E-state index contributed by atoms with van der Waals surface area (Å²) in [7, 11) is 0. The first kappa shape index (κ1) is 11.7. The molecule has 17 heavy (non-hydrogen) atoms. The topological polar surface area (TPSA) is 26.0 Å². The summed E-state index contributed by atoms with van der Waals surface area (Å²) >= 11 is 0. The Labute approximate surface area is 98.9 Å². The zero-order valence-corrected chi connectivity index (χ0v) is 9.50. The zero-order valence-electron chi connectivity index (χ0n) is 9.50. The molecule has 0 saturated carbocycles. The van der Waals surface area contributed by atoms with Crippen LogP contribution in [0.25, 0.3) is 11.1 Å². The molecule has 1 nitrogen and oxygen atoms in total. The monoisotopic (exact) mass is 233 g/mol. The Hall–Kier alpha value is -1.74. The number of halogens is 2.